The van der Waals surface area contributed by atoms with Crippen LogP contribution >= 0.6 is 0 Å². The molecular weight excluding hydrogens is 254 g/mol. The number of unbranched alkanes of at least 4 members (excludes halogenated alkanes) is 1. The largest absolute Gasteiger partial charge is 0.345 e. The van der Waals surface area contributed by atoms with Crippen molar-refractivity contribution in [3.8, 4) is 0 Å². The molecule has 0 saturated heterocycles. The van der Waals surface area contributed by atoms with Gasteiger partial charge in [0.05, 0.1) is 12.1 Å². The van der Waals surface area contributed by atoms with E-state index >= 15 is 0 Å². The topological polar surface area (TPSA) is 98.2 Å². The zero-order valence-corrected chi connectivity index (χ0v) is 11.6. The van der Waals surface area contributed by atoms with Gasteiger partial charge in [-0.3, -0.25) is 4.79 Å². The molecule has 0 aliphatic rings. The van der Waals surface area contributed by atoms with Gasteiger partial charge in [0.1, 0.15) is 6.29 Å². The van der Waals surface area contributed by atoms with Gasteiger partial charge in [0.15, 0.2) is 0 Å². The number of benzene rings is 1. The average Bonchev–Trinajstić information content (AvgIpc) is 2.47. The van der Waals surface area contributed by atoms with Crippen molar-refractivity contribution in [3.05, 3.63) is 35.9 Å². The fraction of sp³-hybridized carbons (Fsp3) is 0.467. The second kappa shape index (κ2) is 9.23. The van der Waals surface area contributed by atoms with Gasteiger partial charge in [-0.05, 0) is 31.4 Å². The Labute approximate surface area is 119 Å². The second-order valence-electron chi connectivity index (χ2n) is 4.83. The number of carbonyl (C=O) groups excluding carboxylic acids is 2. The molecule has 0 radical (unpaired) electrons. The van der Waals surface area contributed by atoms with Crippen LogP contribution in [0.1, 0.15) is 24.8 Å². The van der Waals surface area contributed by atoms with E-state index in [4.69, 9.17) is 11.5 Å². The Morgan fingerprint density at radius 1 is 1.25 bits per heavy atom. The Bertz CT molecular complexity index is 409. The number of carbonyl (C=O) groups is 2. The number of nitrogens with two attached hydrogens (primary N) is 2. The van der Waals surface area contributed by atoms with Crippen LogP contribution in [0.4, 0.5) is 0 Å². The Kier molecular flexibility index (Phi) is 7.54. The fourth-order valence-corrected chi connectivity index (χ4v) is 1.93. The molecule has 0 aliphatic heterocycles. The van der Waals surface area contributed by atoms with Crippen LogP contribution in [0.3, 0.4) is 0 Å². The highest BCUT2D eigenvalue weighted by Gasteiger charge is 2.17. The van der Waals surface area contributed by atoms with Gasteiger partial charge in [0.2, 0.25) is 5.91 Å². The lowest BCUT2D eigenvalue weighted by Gasteiger charge is -2.16. The van der Waals surface area contributed by atoms with Gasteiger partial charge in [-0.2, -0.15) is 0 Å². The van der Waals surface area contributed by atoms with E-state index in [0.29, 0.717) is 19.4 Å². The maximum atomic E-state index is 11.9. The number of rotatable bonds is 9. The van der Waals surface area contributed by atoms with Crippen molar-refractivity contribution in [1.29, 1.82) is 0 Å². The third kappa shape index (κ3) is 5.95. The molecule has 5 N–H and O–H groups in total. The monoisotopic (exact) mass is 277 g/mol. The predicted octanol–water partition coefficient (Wildman–Crippen LogP) is 0.369. The molecule has 0 fully saturated rings. The Morgan fingerprint density at radius 2 is 1.95 bits per heavy atom. The fourth-order valence-electron chi connectivity index (χ4n) is 1.93. The van der Waals surface area contributed by atoms with Gasteiger partial charge in [-0.25, -0.2) is 0 Å². The van der Waals surface area contributed by atoms with Gasteiger partial charge in [-0.1, -0.05) is 36.8 Å². The summed E-state index contributed by atoms with van der Waals surface area (Å²) in [4.78, 5) is 22.9. The van der Waals surface area contributed by atoms with Crippen molar-refractivity contribution in [2.24, 2.45) is 11.5 Å². The van der Waals surface area contributed by atoms with Crippen molar-refractivity contribution in [3.63, 3.8) is 0 Å². The van der Waals surface area contributed by atoms with Gasteiger partial charge in [0.25, 0.3) is 0 Å². The first kappa shape index (κ1) is 16.3. The van der Waals surface area contributed by atoms with E-state index in [2.05, 4.69) is 5.32 Å². The standard InChI is InChI=1S/C15H23N3O2/c16-9-5-4-8-14(17)15(20)18-13(11-19)10-12-6-2-1-3-7-12/h1-3,6-7,11,13-14H,4-5,8-10,16-17H2,(H,18,20). The maximum Gasteiger partial charge on any atom is 0.237 e. The lowest BCUT2D eigenvalue weighted by atomic mass is 10.1. The van der Waals surface area contributed by atoms with E-state index in [-0.39, 0.29) is 5.91 Å². The number of amides is 1. The van der Waals surface area contributed by atoms with Crippen molar-refractivity contribution in [2.45, 2.75) is 37.8 Å². The maximum absolute atomic E-state index is 11.9. The minimum atomic E-state index is -0.584. The van der Waals surface area contributed by atoms with E-state index in [1.54, 1.807) is 0 Å². The molecule has 2 unspecified atom stereocenters. The van der Waals surface area contributed by atoms with Gasteiger partial charge in [0, 0.05) is 0 Å². The molecule has 0 saturated carbocycles. The molecule has 0 aliphatic carbocycles. The van der Waals surface area contributed by atoms with Crippen LogP contribution in [-0.4, -0.2) is 30.8 Å². The van der Waals surface area contributed by atoms with Crippen LogP contribution in [0.15, 0.2) is 30.3 Å². The molecule has 1 aromatic rings. The smallest absolute Gasteiger partial charge is 0.237 e. The summed E-state index contributed by atoms with van der Waals surface area (Å²) in [7, 11) is 0. The Morgan fingerprint density at radius 3 is 2.55 bits per heavy atom. The summed E-state index contributed by atoms with van der Waals surface area (Å²) in [5.41, 5.74) is 12.2. The van der Waals surface area contributed by atoms with Crippen LogP contribution in [0.2, 0.25) is 0 Å². The molecule has 20 heavy (non-hydrogen) atoms. The highest BCUT2D eigenvalue weighted by Crippen LogP contribution is 2.03. The second-order valence-corrected chi connectivity index (χ2v) is 4.83. The molecule has 0 aromatic heterocycles. The van der Waals surface area contributed by atoms with Crippen LogP contribution in [0, 0.1) is 0 Å². The summed E-state index contributed by atoms with van der Waals surface area (Å²) in [6, 6.07) is 8.43. The molecule has 1 aromatic carbocycles. The molecule has 5 heteroatoms. The summed E-state index contributed by atoms with van der Waals surface area (Å²) in [5.74, 6) is -0.282. The molecule has 1 rings (SSSR count). The van der Waals surface area contributed by atoms with E-state index in [9.17, 15) is 9.59 Å². The normalized spacial score (nSPS) is 13.5. The molecule has 0 spiro atoms. The summed E-state index contributed by atoms with van der Waals surface area (Å²) in [6.07, 6.45) is 3.47. The van der Waals surface area contributed by atoms with E-state index in [0.717, 1.165) is 24.7 Å². The van der Waals surface area contributed by atoms with Crippen LogP contribution in [0.25, 0.3) is 0 Å². The number of aldehydes is 1. The Balaban J connectivity index is 2.43. The summed E-state index contributed by atoms with van der Waals surface area (Å²) < 4.78 is 0. The molecule has 5 nitrogen and oxygen atoms in total. The van der Waals surface area contributed by atoms with Crippen molar-refractivity contribution < 1.29 is 9.59 Å². The minimum Gasteiger partial charge on any atom is -0.345 e. The lowest BCUT2D eigenvalue weighted by Crippen LogP contribution is -2.46. The zero-order valence-electron chi connectivity index (χ0n) is 11.6. The average molecular weight is 277 g/mol. The minimum absolute atomic E-state index is 0.282. The highest BCUT2D eigenvalue weighted by atomic mass is 16.2. The van der Waals surface area contributed by atoms with Crippen LogP contribution in [0.5, 0.6) is 0 Å². The van der Waals surface area contributed by atoms with Crippen LogP contribution in [-0.2, 0) is 16.0 Å². The summed E-state index contributed by atoms with van der Waals surface area (Å²) in [5, 5.41) is 2.68. The lowest BCUT2D eigenvalue weighted by molar-refractivity contribution is -0.125. The first-order chi connectivity index (χ1) is 9.67. The van der Waals surface area contributed by atoms with Crippen LogP contribution < -0.4 is 16.8 Å². The predicted molar refractivity (Wildman–Crippen MR) is 79.0 cm³/mol. The van der Waals surface area contributed by atoms with E-state index in [1.807, 2.05) is 30.3 Å². The third-order valence-electron chi connectivity index (χ3n) is 3.10. The zero-order chi connectivity index (χ0) is 14.8. The SMILES string of the molecule is NCCCCC(N)C(=O)NC(C=O)Cc1ccccc1. The highest BCUT2D eigenvalue weighted by molar-refractivity contribution is 5.84. The molecule has 0 heterocycles. The number of hydrogen-bond donors (Lipinski definition) is 3. The molecule has 0 bridgehead atoms. The van der Waals surface area contributed by atoms with E-state index < -0.39 is 12.1 Å². The number of nitrogens with one attached hydrogen (secondary N) is 1. The van der Waals surface area contributed by atoms with Gasteiger partial charge in [-0.15, -0.1) is 0 Å². The number of hydrogen-bond acceptors (Lipinski definition) is 4. The van der Waals surface area contributed by atoms with Gasteiger partial charge >= 0.3 is 0 Å². The van der Waals surface area contributed by atoms with Gasteiger partial charge < -0.3 is 21.6 Å². The molecule has 110 valence electrons. The van der Waals surface area contributed by atoms with Crippen molar-refractivity contribution in [2.75, 3.05) is 6.54 Å². The molecular formula is C15H23N3O2. The Hall–Kier alpha value is -1.72. The molecule has 2 atom stereocenters. The van der Waals surface area contributed by atoms with Crippen molar-refractivity contribution in [1.82, 2.24) is 5.32 Å². The van der Waals surface area contributed by atoms with E-state index in [1.165, 1.54) is 0 Å². The summed E-state index contributed by atoms with van der Waals surface area (Å²) in [6.45, 7) is 0.597. The van der Waals surface area contributed by atoms with Crippen molar-refractivity contribution >= 4 is 12.2 Å². The first-order valence-electron chi connectivity index (χ1n) is 6.92. The quantitative estimate of drug-likeness (QED) is 0.448. The summed E-state index contributed by atoms with van der Waals surface area (Å²) >= 11 is 0. The molecule has 1 amide bonds. The first-order valence-corrected chi connectivity index (χ1v) is 6.92. The third-order valence-corrected chi connectivity index (χ3v) is 3.10.